The molecule has 1 atom stereocenters. The molecule has 1 aromatic heterocycles. The van der Waals surface area contributed by atoms with E-state index in [1.54, 1.807) is 41.4 Å². The number of unbranched alkanes of at least 4 members (excludes halogenated alkanes) is 2. The number of amides is 7. The van der Waals surface area contributed by atoms with Crippen molar-refractivity contribution in [3.05, 3.63) is 107 Å². The van der Waals surface area contributed by atoms with Crippen LogP contribution in [0.4, 0.5) is 11.4 Å². The molecule has 3 aromatic rings. The third-order valence-electron chi connectivity index (χ3n) is 12.1. The maximum Gasteiger partial charge on any atom is 0.255 e. The summed E-state index contributed by atoms with van der Waals surface area (Å²) in [5, 5.41) is 11.7. The number of aromatic nitrogens is 1. The molecule has 3 heterocycles. The van der Waals surface area contributed by atoms with Crippen molar-refractivity contribution < 1.29 is 33.6 Å². The highest BCUT2D eigenvalue weighted by atomic mass is 16.2. The van der Waals surface area contributed by atoms with Gasteiger partial charge in [0.1, 0.15) is 11.9 Å². The van der Waals surface area contributed by atoms with Crippen LogP contribution in [0.1, 0.15) is 105 Å². The summed E-state index contributed by atoms with van der Waals surface area (Å²) in [5.74, 6) is -1.26. The van der Waals surface area contributed by atoms with Gasteiger partial charge in [0.05, 0.1) is 17.6 Å². The predicted octanol–water partition coefficient (Wildman–Crippen LogP) is 5.12. The minimum Gasteiger partial charge on any atom is -0.387 e. The van der Waals surface area contributed by atoms with Crippen LogP contribution >= 0.6 is 0 Å². The molecule has 2 aromatic carbocycles. The first-order chi connectivity index (χ1) is 31.9. The van der Waals surface area contributed by atoms with Crippen molar-refractivity contribution in [1.82, 2.24) is 30.7 Å². The van der Waals surface area contributed by atoms with Gasteiger partial charge in [0.25, 0.3) is 17.7 Å². The highest BCUT2D eigenvalue weighted by Crippen LogP contribution is 2.31. The van der Waals surface area contributed by atoms with E-state index in [0.717, 1.165) is 24.8 Å². The Morgan fingerprint density at radius 1 is 0.879 bits per heavy atom. The van der Waals surface area contributed by atoms with Gasteiger partial charge in [-0.2, -0.15) is 0 Å². The molecule has 3 aliphatic rings. The van der Waals surface area contributed by atoms with Gasteiger partial charge in [-0.05, 0) is 93.2 Å². The van der Waals surface area contributed by atoms with Gasteiger partial charge in [-0.3, -0.25) is 43.4 Å². The van der Waals surface area contributed by atoms with E-state index in [2.05, 4.69) is 31.2 Å². The number of anilines is 1. The van der Waals surface area contributed by atoms with E-state index in [-0.39, 0.29) is 78.9 Å². The van der Waals surface area contributed by atoms with Crippen LogP contribution in [-0.4, -0.2) is 94.2 Å². The number of fused-ring (bicyclic) bond motifs is 1. The van der Waals surface area contributed by atoms with Gasteiger partial charge in [0.15, 0.2) is 0 Å². The number of imide groups is 1. The van der Waals surface area contributed by atoms with Crippen LogP contribution in [0.15, 0.2) is 89.7 Å². The number of benzene rings is 2. The molecule has 6 rings (SSSR count). The third kappa shape index (κ3) is 13.8. The number of hydrogen-bond acceptors (Lipinski definition) is 10. The molecule has 0 saturated heterocycles. The summed E-state index contributed by atoms with van der Waals surface area (Å²) in [6.07, 6.45) is 14.0. The second-order valence-corrected chi connectivity index (χ2v) is 17.1. The number of carbonyl (C=O) groups excluding carboxylic acids is 7. The highest BCUT2D eigenvalue weighted by molar-refractivity contribution is 6.13. The smallest absolute Gasteiger partial charge is 0.255 e. The lowest BCUT2D eigenvalue weighted by Crippen LogP contribution is -2.47. The second-order valence-electron chi connectivity index (χ2n) is 17.1. The molecule has 0 radical (unpaired) electrons. The Balaban J connectivity index is 0.949. The molecular weight excluding hydrogens is 839 g/mol. The van der Waals surface area contributed by atoms with Gasteiger partial charge < -0.3 is 31.9 Å². The van der Waals surface area contributed by atoms with Gasteiger partial charge in [-0.15, -0.1) is 0 Å². The van der Waals surface area contributed by atoms with Crippen molar-refractivity contribution in [3.63, 3.8) is 0 Å². The molecule has 7 amide bonds. The molecule has 16 heteroatoms. The SMILES string of the molecule is CCCN(CC)C(=O)C1=Cc2ccc(C(=O)Nc3cncc(CNC(=O)C(Cc4ccccc4)NC(=O)CCCCCNC(=O)C4CCC(CN5C(=O)C=CC5=O)CC4)c3)cc2N=C(N)C1. The first-order valence-corrected chi connectivity index (χ1v) is 23.0. The molecule has 0 bridgehead atoms. The van der Waals surface area contributed by atoms with Gasteiger partial charge in [-0.25, -0.2) is 4.99 Å². The molecule has 6 N–H and O–H groups in total. The molecule has 66 heavy (non-hydrogen) atoms. The molecule has 1 unspecified atom stereocenters. The second kappa shape index (κ2) is 23.8. The lowest BCUT2D eigenvalue weighted by atomic mass is 9.81. The zero-order valence-electron chi connectivity index (χ0n) is 37.9. The zero-order chi connectivity index (χ0) is 47.0. The lowest BCUT2D eigenvalue weighted by molar-refractivity contribution is -0.138. The summed E-state index contributed by atoms with van der Waals surface area (Å²) in [5.41, 5.74) is 10.2. The Morgan fingerprint density at radius 2 is 1.64 bits per heavy atom. The Labute approximate surface area is 385 Å². The van der Waals surface area contributed by atoms with E-state index in [4.69, 9.17) is 5.73 Å². The summed E-state index contributed by atoms with van der Waals surface area (Å²) in [6.45, 7) is 6.17. The van der Waals surface area contributed by atoms with E-state index in [9.17, 15) is 33.6 Å². The van der Waals surface area contributed by atoms with Crippen molar-refractivity contribution in [2.24, 2.45) is 22.6 Å². The number of carbonyl (C=O) groups is 7. The van der Waals surface area contributed by atoms with Crippen molar-refractivity contribution >= 4 is 64.6 Å². The molecule has 1 aliphatic carbocycles. The number of rotatable bonds is 21. The van der Waals surface area contributed by atoms with Gasteiger partial charge in [-0.1, -0.05) is 49.7 Å². The van der Waals surface area contributed by atoms with Crippen molar-refractivity contribution in [2.75, 3.05) is 31.5 Å². The summed E-state index contributed by atoms with van der Waals surface area (Å²) >= 11 is 0. The number of nitrogens with two attached hydrogens (primary N) is 1. The van der Waals surface area contributed by atoms with Crippen LogP contribution in [-0.2, 0) is 41.7 Å². The maximum atomic E-state index is 13.6. The fourth-order valence-electron chi connectivity index (χ4n) is 8.46. The molecule has 348 valence electrons. The Hall–Kier alpha value is -6.97. The van der Waals surface area contributed by atoms with Crippen LogP contribution in [0.5, 0.6) is 0 Å². The average Bonchev–Trinajstić information content (AvgIpc) is 3.52. The number of hydrogen-bond donors (Lipinski definition) is 5. The Morgan fingerprint density at radius 3 is 2.36 bits per heavy atom. The summed E-state index contributed by atoms with van der Waals surface area (Å²) in [6, 6.07) is 15.3. The summed E-state index contributed by atoms with van der Waals surface area (Å²) in [4.78, 5) is 102. The van der Waals surface area contributed by atoms with E-state index in [1.165, 1.54) is 23.2 Å². The number of aliphatic imine (C=N–C) groups is 1. The van der Waals surface area contributed by atoms with E-state index in [1.807, 2.05) is 44.2 Å². The van der Waals surface area contributed by atoms with Gasteiger partial charge in [0, 0.05) is 93.0 Å². The Bertz CT molecular complexity index is 2340. The monoisotopic (exact) mass is 899 g/mol. The molecule has 2 aliphatic heterocycles. The number of likely N-dealkylation sites (N-methyl/N-ethyl adjacent to an activating group) is 1. The highest BCUT2D eigenvalue weighted by Gasteiger charge is 2.31. The molecular formula is C50H61N9O7. The minimum absolute atomic E-state index is 0.0139. The minimum atomic E-state index is -0.839. The quantitative estimate of drug-likeness (QED) is 0.0706. The standard InChI is InChI=1S/C50H61N9O7/c1-3-23-58(4-2)50(66)39-26-37-18-19-38(27-41(37)56-43(51)28-39)48(64)55-40-24-35(29-52-31-40)30-54-49(65)42(25-33-11-7-5-8-12-33)57-44(60)13-9-6-10-22-53-47(63)36-16-14-34(15-17-36)32-59-45(61)20-21-46(59)62/h5,7-8,11-12,18-21,24,26-27,29,31,34,36,42H,3-4,6,9-10,13-17,22-23,25,28,30,32H2,1-2H3,(H2,51,56)(H,53,63)(H,54,65)(H,55,64)(H,57,60). The average molecular weight is 900 g/mol. The first-order valence-electron chi connectivity index (χ1n) is 23.0. The number of pyridine rings is 1. The third-order valence-corrected chi connectivity index (χ3v) is 12.1. The molecule has 1 fully saturated rings. The van der Waals surface area contributed by atoms with E-state index < -0.39 is 11.9 Å². The molecule has 16 nitrogen and oxygen atoms in total. The molecule has 1 saturated carbocycles. The van der Waals surface area contributed by atoms with Crippen molar-refractivity contribution in [3.8, 4) is 0 Å². The number of nitrogens with zero attached hydrogens (tertiary/aromatic N) is 4. The maximum absolute atomic E-state index is 13.6. The van der Waals surface area contributed by atoms with Crippen LogP contribution < -0.4 is 27.0 Å². The number of amidine groups is 1. The fourth-order valence-corrected chi connectivity index (χ4v) is 8.46. The normalized spacial score (nSPS) is 17.2. The number of nitrogens with one attached hydrogen (secondary N) is 4. The Kier molecular flexibility index (Phi) is 17.5. The van der Waals surface area contributed by atoms with E-state index in [0.29, 0.717) is 91.9 Å². The lowest BCUT2D eigenvalue weighted by Gasteiger charge is -2.30. The fraction of sp³-hybridized carbons (Fsp3) is 0.420. The van der Waals surface area contributed by atoms with Crippen LogP contribution in [0.2, 0.25) is 0 Å². The van der Waals surface area contributed by atoms with Crippen LogP contribution in [0, 0.1) is 11.8 Å². The van der Waals surface area contributed by atoms with Crippen molar-refractivity contribution in [2.45, 2.75) is 97.1 Å². The largest absolute Gasteiger partial charge is 0.387 e. The first kappa shape index (κ1) is 48.5. The van der Waals surface area contributed by atoms with E-state index >= 15 is 0 Å². The summed E-state index contributed by atoms with van der Waals surface area (Å²) < 4.78 is 0. The molecule has 0 spiro atoms. The van der Waals surface area contributed by atoms with Gasteiger partial charge in [0.2, 0.25) is 23.6 Å². The zero-order valence-corrected chi connectivity index (χ0v) is 37.9. The summed E-state index contributed by atoms with van der Waals surface area (Å²) in [7, 11) is 0. The van der Waals surface area contributed by atoms with Crippen LogP contribution in [0.3, 0.4) is 0 Å². The topological polar surface area (TPSA) is 225 Å². The predicted molar refractivity (Wildman–Crippen MR) is 252 cm³/mol. The van der Waals surface area contributed by atoms with Gasteiger partial charge >= 0.3 is 0 Å². The van der Waals surface area contributed by atoms with Crippen molar-refractivity contribution in [1.29, 1.82) is 0 Å². The van der Waals surface area contributed by atoms with Crippen LogP contribution in [0.25, 0.3) is 6.08 Å².